The lowest BCUT2D eigenvalue weighted by Gasteiger charge is -2.13. The van der Waals surface area contributed by atoms with E-state index in [1.54, 1.807) is 7.11 Å². The van der Waals surface area contributed by atoms with Crippen LogP contribution in [0, 0.1) is 0 Å². The summed E-state index contributed by atoms with van der Waals surface area (Å²) in [4.78, 5) is 5.37. The van der Waals surface area contributed by atoms with Crippen LogP contribution in [0.1, 0.15) is 5.56 Å². The molecule has 2 N–H and O–H groups in total. The molecule has 0 aliphatic carbocycles. The molecule has 2 aromatic heterocycles. The number of imidazole rings is 1. The van der Waals surface area contributed by atoms with E-state index in [1.165, 1.54) is 0 Å². The number of pyridine rings is 1. The third-order valence-electron chi connectivity index (χ3n) is 4.58. The first kappa shape index (κ1) is 17.9. The van der Waals surface area contributed by atoms with Gasteiger partial charge in [-0.15, -0.1) is 12.6 Å². The van der Waals surface area contributed by atoms with Crippen molar-refractivity contribution in [1.82, 2.24) is 9.38 Å². The first-order valence-corrected chi connectivity index (χ1v) is 9.27. The Morgan fingerprint density at radius 2 is 1.93 bits per heavy atom. The average Bonchev–Trinajstić information content (AvgIpc) is 3.09. The number of rotatable bonds is 4. The van der Waals surface area contributed by atoms with E-state index in [2.05, 4.69) is 17.6 Å². The fraction of sp³-hybridized carbons (Fsp3) is 0.0952. The highest BCUT2D eigenvalue weighted by Gasteiger charge is 2.15. The Bertz CT molecular complexity index is 1140. The van der Waals surface area contributed by atoms with Crippen LogP contribution in [0.25, 0.3) is 28.0 Å². The van der Waals surface area contributed by atoms with Gasteiger partial charge in [-0.2, -0.15) is 0 Å². The highest BCUT2D eigenvalue weighted by Crippen LogP contribution is 2.35. The zero-order valence-electron chi connectivity index (χ0n) is 14.7. The molecule has 2 heterocycles. The highest BCUT2D eigenvalue weighted by atomic mass is 35.5. The third kappa shape index (κ3) is 3.18. The van der Waals surface area contributed by atoms with Crippen LogP contribution in [0.4, 0.5) is 0 Å². The smallest absolute Gasteiger partial charge is 0.137 e. The number of thiol groups is 1. The normalized spacial score (nSPS) is 11.1. The molecule has 136 valence electrons. The summed E-state index contributed by atoms with van der Waals surface area (Å²) in [5, 5.41) is 0.635. The topological polar surface area (TPSA) is 52.5 Å². The average molecular weight is 396 g/mol. The van der Waals surface area contributed by atoms with E-state index >= 15 is 0 Å². The molecule has 4 nitrogen and oxygen atoms in total. The molecule has 4 rings (SSSR count). The maximum Gasteiger partial charge on any atom is 0.137 e. The molecule has 0 unspecified atom stereocenters. The van der Waals surface area contributed by atoms with Crippen molar-refractivity contribution in [3.63, 3.8) is 0 Å². The van der Waals surface area contributed by atoms with Gasteiger partial charge in [0.1, 0.15) is 11.4 Å². The molecule has 0 saturated heterocycles. The molecule has 0 spiro atoms. The Labute approximate surface area is 168 Å². The number of fused-ring (bicyclic) bond motifs is 1. The maximum absolute atomic E-state index is 6.49. The van der Waals surface area contributed by atoms with Crippen molar-refractivity contribution < 1.29 is 4.74 Å². The summed E-state index contributed by atoms with van der Waals surface area (Å²) in [6.07, 6.45) is 3.88. The Balaban J connectivity index is 1.98. The van der Waals surface area contributed by atoms with Crippen LogP contribution in [0.3, 0.4) is 0 Å². The fourth-order valence-electron chi connectivity index (χ4n) is 3.25. The number of benzene rings is 2. The quantitative estimate of drug-likeness (QED) is 0.474. The Kier molecular flexibility index (Phi) is 4.83. The Morgan fingerprint density at radius 1 is 1.11 bits per heavy atom. The molecule has 0 radical (unpaired) electrons. The lowest BCUT2D eigenvalue weighted by Crippen LogP contribution is -2.02. The van der Waals surface area contributed by atoms with Crippen LogP contribution >= 0.6 is 24.2 Å². The van der Waals surface area contributed by atoms with Gasteiger partial charge in [-0.3, -0.25) is 4.40 Å². The van der Waals surface area contributed by atoms with Crippen molar-refractivity contribution in [2.24, 2.45) is 5.73 Å². The molecule has 0 fully saturated rings. The maximum atomic E-state index is 6.49. The summed E-state index contributed by atoms with van der Waals surface area (Å²) in [5.41, 5.74) is 11.6. The van der Waals surface area contributed by atoms with Gasteiger partial charge in [0.15, 0.2) is 0 Å². The Hall–Kier alpha value is -2.47. The zero-order valence-corrected chi connectivity index (χ0v) is 16.3. The van der Waals surface area contributed by atoms with Crippen molar-refractivity contribution in [2.45, 2.75) is 11.4 Å². The predicted octanol–water partition coefficient (Wildman–Crippen LogP) is 5.08. The van der Waals surface area contributed by atoms with Crippen LogP contribution in [0.5, 0.6) is 5.75 Å². The molecular formula is C21H18ClN3OS. The van der Waals surface area contributed by atoms with E-state index in [4.69, 9.17) is 22.1 Å². The zero-order chi connectivity index (χ0) is 19.0. The minimum absolute atomic E-state index is 0.391. The van der Waals surface area contributed by atoms with Gasteiger partial charge in [-0.05, 0) is 35.9 Å². The molecular weight excluding hydrogens is 378 g/mol. The second-order valence-corrected chi connectivity index (χ2v) is 7.08. The van der Waals surface area contributed by atoms with Gasteiger partial charge >= 0.3 is 0 Å². The van der Waals surface area contributed by atoms with Gasteiger partial charge in [0.05, 0.1) is 19.0 Å². The van der Waals surface area contributed by atoms with E-state index in [0.717, 1.165) is 44.2 Å². The number of nitrogens with two attached hydrogens (primary N) is 1. The minimum Gasteiger partial charge on any atom is -0.496 e. The summed E-state index contributed by atoms with van der Waals surface area (Å²) in [7, 11) is 1.67. The number of halogens is 1. The van der Waals surface area contributed by atoms with Gasteiger partial charge in [-0.25, -0.2) is 4.98 Å². The predicted molar refractivity (Wildman–Crippen MR) is 113 cm³/mol. The number of methoxy groups -OCH3 is 1. The van der Waals surface area contributed by atoms with Gasteiger partial charge in [0.2, 0.25) is 0 Å². The van der Waals surface area contributed by atoms with Gasteiger partial charge < -0.3 is 10.5 Å². The monoisotopic (exact) mass is 395 g/mol. The van der Waals surface area contributed by atoms with Gasteiger partial charge in [0.25, 0.3) is 0 Å². The van der Waals surface area contributed by atoms with E-state index in [0.29, 0.717) is 11.6 Å². The molecule has 0 amide bonds. The number of nitrogens with zero attached hydrogens (tertiary/aromatic N) is 2. The minimum atomic E-state index is 0.391. The standard InChI is InChI=1S/C21H18ClN3OS/c1-26-20-5-3-2-4-16(20)19-11-24-21-8-13(10-23)17(12-25(19)21)15-7-6-14(27)9-18(15)22/h2-9,11-12,27H,10,23H2,1H3. The molecule has 6 heteroatoms. The third-order valence-corrected chi connectivity index (χ3v) is 5.17. The molecule has 4 aromatic rings. The molecule has 0 aliphatic rings. The molecule has 0 aliphatic heterocycles. The van der Waals surface area contributed by atoms with Crippen molar-refractivity contribution in [3.8, 4) is 28.1 Å². The van der Waals surface area contributed by atoms with Crippen LogP contribution in [0.15, 0.2) is 65.8 Å². The molecule has 0 bridgehead atoms. The van der Waals surface area contributed by atoms with Crippen molar-refractivity contribution in [3.05, 3.63) is 71.5 Å². The fourth-order valence-corrected chi connectivity index (χ4v) is 3.81. The van der Waals surface area contributed by atoms with Crippen molar-refractivity contribution in [1.29, 1.82) is 0 Å². The van der Waals surface area contributed by atoms with Gasteiger partial charge in [-0.1, -0.05) is 29.8 Å². The molecule has 27 heavy (non-hydrogen) atoms. The highest BCUT2D eigenvalue weighted by molar-refractivity contribution is 7.80. The number of hydrogen-bond donors (Lipinski definition) is 2. The number of ether oxygens (including phenoxy) is 1. The van der Waals surface area contributed by atoms with Crippen LogP contribution in [0.2, 0.25) is 5.02 Å². The largest absolute Gasteiger partial charge is 0.496 e. The molecule has 0 saturated carbocycles. The number of para-hydroxylation sites is 1. The lowest BCUT2D eigenvalue weighted by molar-refractivity contribution is 0.416. The summed E-state index contributed by atoms with van der Waals surface area (Å²) in [6.45, 7) is 0.391. The summed E-state index contributed by atoms with van der Waals surface area (Å²) < 4.78 is 7.56. The summed E-state index contributed by atoms with van der Waals surface area (Å²) in [5.74, 6) is 0.793. The second kappa shape index (κ2) is 7.27. The van der Waals surface area contributed by atoms with Crippen molar-refractivity contribution >= 4 is 29.9 Å². The van der Waals surface area contributed by atoms with E-state index in [-0.39, 0.29) is 0 Å². The number of hydrogen-bond acceptors (Lipinski definition) is 4. The first-order valence-electron chi connectivity index (χ1n) is 8.44. The second-order valence-electron chi connectivity index (χ2n) is 6.15. The SMILES string of the molecule is COc1ccccc1-c1cnc2cc(CN)c(-c3ccc(S)cc3Cl)cn12. The first-order chi connectivity index (χ1) is 13.1. The summed E-state index contributed by atoms with van der Waals surface area (Å²) >= 11 is 10.8. The van der Waals surface area contributed by atoms with Crippen molar-refractivity contribution in [2.75, 3.05) is 7.11 Å². The van der Waals surface area contributed by atoms with Crippen LogP contribution < -0.4 is 10.5 Å². The van der Waals surface area contributed by atoms with E-state index in [9.17, 15) is 0 Å². The molecule has 2 aromatic carbocycles. The number of aromatic nitrogens is 2. The van der Waals surface area contributed by atoms with Crippen LogP contribution in [-0.4, -0.2) is 16.5 Å². The van der Waals surface area contributed by atoms with E-state index in [1.807, 2.05) is 65.3 Å². The van der Waals surface area contributed by atoms with E-state index < -0.39 is 0 Å². The lowest BCUT2D eigenvalue weighted by atomic mass is 10.0. The Morgan fingerprint density at radius 3 is 2.67 bits per heavy atom. The van der Waals surface area contributed by atoms with Crippen LogP contribution in [-0.2, 0) is 6.54 Å². The summed E-state index contributed by atoms with van der Waals surface area (Å²) in [6, 6.07) is 15.6. The molecule has 0 atom stereocenters. The van der Waals surface area contributed by atoms with Gasteiger partial charge in [0, 0.05) is 39.4 Å².